The van der Waals surface area contributed by atoms with E-state index in [0.29, 0.717) is 11.5 Å². The molecule has 0 radical (unpaired) electrons. The van der Waals surface area contributed by atoms with Gasteiger partial charge in [0.25, 0.3) is 0 Å². The molecule has 0 fully saturated rings. The van der Waals surface area contributed by atoms with E-state index in [1.165, 1.54) is 33.4 Å². The number of aryl methyl sites for hydroxylation is 6. The molecule has 2 nitrogen and oxygen atoms in total. The first-order chi connectivity index (χ1) is 17.5. The Balaban J connectivity index is 1.82. The van der Waals surface area contributed by atoms with E-state index in [1.54, 1.807) is 0 Å². The Kier molecular flexibility index (Phi) is 7.20. The first-order valence-corrected chi connectivity index (χ1v) is 14.5. The summed E-state index contributed by atoms with van der Waals surface area (Å²) >= 11 is 25.8. The molecule has 190 valence electrons. The highest BCUT2D eigenvalue weighted by atomic mass is 35.5. The zero-order valence-electron chi connectivity index (χ0n) is 21.3. The van der Waals surface area contributed by atoms with Crippen LogP contribution in [0.5, 0.6) is 11.5 Å². The van der Waals surface area contributed by atoms with Gasteiger partial charge in [-0.05, 0) is 86.1 Å². The molecule has 0 spiro atoms. The molecule has 5 rings (SSSR count). The molecule has 37 heavy (non-hydrogen) atoms. The topological polar surface area (TPSA) is 18.5 Å². The lowest BCUT2D eigenvalue weighted by molar-refractivity contribution is 0.588. The fourth-order valence-electron chi connectivity index (χ4n) is 5.38. The van der Waals surface area contributed by atoms with Gasteiger partial charge in [-0.1, -0.05) is 100.0 Å². The highest BCUT2D eigenvalue weighted by Crippen LogP contribution is 2.62. The number of fused-ring (bicyclic) bond motifs is 1. The summed E-state index contributed by atoms with van der Waals surface area (Å²) in [6.07, 6.45) is 0. The second-order valence-corrected chi connectivity index (χ2v) is 12.4. The van der Waals surface area contributed by atoms with Gasteiger partial charge in [0.05, 0.1) is 15.3 Å². The summed E-state index contributed by atoms with van der Waals surface area (Å²) in [5, 5.41) is 1.65. The van der Waals surface area contributed by atoms with E-state index in [0.717, 1.165) is 27.6 Å². The third-order valence-electron chi connectivity index (χ3n) is 6.64. The molecule has 0 amide bonds. The van der Waals surface area contributed by atoms with Crippen LogP contribution in [-0.2, 0) is 0 Å². The molecule has 0 unspecified atom stereocenters. The van der Waals surface area contributed by atoms with Crippen molar-refractivity contribution in [2.75, 3.05) is 0 Å². The van der Waals surface area contributed by atoms with Crippen molar-refractivity contribution in [3.63, 3.8) is 0 Å². The molecule has 4 aromatic rings. The van der Waals surface area contributed by atoms with Crippen LogP contribution in [0.25, 0.3) is 22.3 Å². The minimum atomic E-state index is -1.66. The Hall–Kier alpha value is -1.93. The van der Waals surface area contributed by atoms with Gasteiger partial charge in [-0.2, -0.15) is 0 Å². The van der Waals surface area contributed by atoms with Crippen molar-refractivity contribution in [1.82, 2.24) is 0 Å². The molecule has 0 N–H and O–H groups in total. The van der Waals surface area contributed by atoms with Crippen molar-refractivity contribution in [3.8, 4) is 33.8 Å². The molecule has 0 saturated carbocycles. The maximum Gasteiger partial charge on any atom is 0.327 e. The van der Waals surface area contributed by atoms with E-state index < -0.39 is 8.38 Å². The predicted octanol–water partition coefficient (Wildman–Crippen LogP) is 10.9. The highest BCUT2D eigenvalue weighted by Gasteiger charge is 2.38. The second-order valence-electron chi connectivity index (χ2n) is 9.60. The van der Waals surface area contributed by atoms with Gasteiger partial charge in [0.2, 0.25) is 0 Å². The van der Waals surface area contributed by atoms with Crippen molar-refractivity contribution in [2.24, 2.45) is 0 Å². The molecular weight excluding hydrogens is 565 g/mol. The smallest absolute Gasteiger partial charge is 0.327 e. The lowest BCUT2D eigenvalue weighted by atomic mass is 9.89. The van der Waals surface area contributed by atoms with Crippen molar-refractivity contribution in [3.05, 3.63) is 95.9 Å². The SMILES string of the molecule is Cc1cc(C)c(-c2cccc(-c3c(C)cc(C)cc3C)c2P2Oc3c(Cl)c(Cl)c(Cl)c(Cl)c3O2)c(C)c1. The van der Waals surface area contributed by atoms with Gasteiger partial charge < -0.3 is 9.05 Å². The molecule has 0 aliphatic carbocycles. The summed E-state index contributed by atoms with van der Waals surface area (Å²) in [6.45, 7) is 12.8. The maximum atomic E-state index is 6.55. The fourth-order valence-corrected chi connectivity index (χ4v) is 8.05. The summed E-state index contributed by atoms with van der Waals surface area (Å²) in [5.41, 5.74) is 11.6. The molecule has 4 aromatic carbocycles. The summed E-state index contributed by atoms with van der Waals surface area (Å²) in [4.78, 5) is 0. The monoisotopic (exact) mass is 588 g/mol. The van der Waals surface area contributed by atoms with E-state index in [1.807, 2.05) is 0 Å². The van der Waals surface area contributed by atoms with Gasteiger partial charge in [-0.25, -0.2) is 0 Å². The summed E-state index contributed by atoms with van der Waals surface area (Å²) in [5.74, 6) is 0.644. The quantitative estimate of drug-likeness (QED) is 0.134. The zero-order chi connectivity index (χ0) is 26.8. The second kappa shape index (κ2) is 9.99. The van der Waals surface area contributed by atoms with Crippen molar-refractivity contribution < 1.29 is 9.05 Å². The molecule has 0 aromatic heterocycles. The average Bonchev–Trinajstić information content (AvgIpc) is 3.25. The third kappa shape index (κ3) is 4.52. The Morgan fingerprint density at radius 1 is 0.541 bits per heavy atom. The molecule has 1 aliphatic rings. The van der Waals surface area contributed by atoms with Crippen LogP contribution >= 0.6 is 54.8 Å². The highest BCUT2D eigenvalue weighted by molar-refractivity contribution is 7.57. The van der Waals surface area contributed by atoms with Gasteiger partial charge >= 0.3 is 8.38 Å². The van der Waals surface area contributed by atoms with Crippen molar-refractivity contribution >= 4 is 60.1 Å². The van der Waals surface area contributed by atoms with Crippen LogP contribution in [0.2, 0.25) is 20.1 Å². The van der Waals surface area contributed by atoms with Crippen LogP contribution in [0.3, 0.4) is 0 Å². The van der Waals surface area contributed by atoms with Crippen LogP contribution < -0.4 is 14.4 Å². The normalized spacial score (nSPS) is 12.9. The van der Waals surface area contributed by atoms with Gasteiger partial charge in [0, 0.05) is 0 Å². The van der Waals surface area contributed by atoms with E-state index >= 15 is 0 Å². The summed E-state index contributed by atoms with van der Waals surface area (Å²) in [6, 6.07) is 15.2. The van der Waals surface area contributed by atoms with Crippen molar-refractivity contribution in [2.45, 2.75) is 41.5 Å². The maximum absolute atomic E-state index is 6.55. The van der Waals surface area contributed by atoms with E-state index in [4.69, 9.17) is 55.5 Å². The minimum Gasteiger partial charge on any atom is -0.430 e. The standard InChI is InChI=1S/C30H25Cl4O2P/c1-14-10-16(3)22(17(4)11-14)20-8-7-9-21(23-18(5)12-15(2)13-19(23)6)30(20)37-35-28-26(33)24(31)25(32)27(34)29(28)36-37/h7-13H,1-6H3. The Bertz CT molecular complexity index is 1440. The lowest BCUT2D eigenvalue weighted by Gasteiger charge is -2.23. The van der Waals surface area contributed by atoms with Gasteiger partial charge in [0.1, 0.15) is 10.0 Å². The van der Waals surface area contributed by atoms with E-state index in [2.05, 4.69) is 84.0 Å². The molecule has 7 heteroatoms. The third-order valence-corrected chi connectivity index (χ3v) is 9.95. The number of benzene rings is 4. The number of halogens is 4. The van der Waals surface area contributed by atoms with Crippen LogP contribution in [0, 0.1) is 41.5 Å². The molecule has 0 bridgehead atoms. The Morgan fingerprint density at radius 3 is 1.24 bits per heavy atom. The average molecular weight is 590 g/mol. The minimum absolute atomic E-state index is 0.150. The van der Waals surface area contributed by atoms with Crippen LogP contribution in [0.15, 0.2) is 42.5 Å². The predicted molar refractivity (Wildman–Crippen MR) is 160 cm³/mol. The molecular formula is C30H25Cl4O2P. The summed E-state index contributed by atoms with van der Waals surface area (Å²) in [7, 11) is -1.66. The van der Waals surface area contributed by atoms with Crippen LogP contribution in [0.1, 0.15) is 33.4 Å². The van der Waals surface area contributed by atoms with Gasteiger partial charge in [-0.15, -0.1) is 0 Å². The Morgan fingerprint density at radius 2 is 0.892 bits per heavy atom. The largest absolute Gasteiger partial charge is 0.430 e. The number of hydrogen-bond acceptors (Lipinski definition) is 2. The first-order valence-electron chi connectivity index (χ1n) is 11.8. The van der Waals surface area contributed by atoms with E-state index in [9.17, 15) is 0 Å². The lowest BCUT2D eigenvalue weighted by Crippen LogP contribution is -2.15. The molecule has 1 heterocycles. The van der Waals surface area contributed by atoms with Gasteiger partial charge in [-0.3, -0.25) is 0 Å². The molecule has 0 atom stereocenters. The zero-order valence-corrected chi connectivity index (χ0v) is 25.2. The number of hydrogen-bond donors (Lipinski definition) is 0. The summed E-state index contributed by atoms with van der Waals surface area (Å²) < 4.78 is 12.9. The molecule has 0 saturated heterocycles. The van der Waals surface area contributed by atoms with Crippen LogP contribution in [0.4, 0.5) is 0 Å². The number of rotatable bonds is 3. The molecule has 1 aliphatic heterocycles. The first kappa shape index (κ1) is 26.7. The van der Waals surface area contributed by atoms with Crippen molar-refractivity contribution in [1.29, 1.82) is 0 Å². The Labute approximate surface area is 239 Å². The van der Waals surface area contributed by atoms with Gasteiger partial charge in [0.15, 0.2) is 11.5 Å². The van der Waals surface area contributed by atoms with Crippen LogP contribution in [-0.4, -0.2) is 0 Å². The fraction of sp³-hybridized carbons (Fsp3) is 0.200. The van der Waals surface area contributed by atoms with E-state index in [-0.39, 0.29) is 20.1 Å².